The van der Waals surface area contributed by atoms with E-state index in [2.05, 4.69) is 62.5 Å². The molecule has 0 rings (SSSR count). The van der Waals surface area contributed by atoms with Gasteiger partial charge in [-0.05, 0) is 51.4 Å². The number of esters is 2. The zero-order valence-corrected chi connectivity index (χ0v) is 45.9. The number of carbonyl (C=O) groups excluding carboxylic acids is 2. The van der Waals surface area contributed by atoms with Gasteiger partial charge in [-0.25, -0.2) is 0 Å². The maximum Gasteiger partial charge on any atom is 0.306 e. The van der Waals surface area contributed by atoms with Gasteiger partial charge in [-0.1, -0.05) is 242 Å². The Labute approximate surface area is 420 Å². The fraction of sp³-hybridized carbons (Fsp3) is 0.828. The molecule has 0 spiro atoms. The van der Waals surface area contributed by atoms with Crippen LogP contribution in [0, 0.1) is 0 Å². The van der Waals surface area contributed by atoms with E-state index in [4.69, 9.17) is 18.5 Å². The summed E-state index contributed by atoms with van der Waals surface area (Å²) in [4.78, 5) is 37.8. The molecule has 2 unspecified atom stereocenters. The van der Waals surface area contributed by atoms with Crippen LogP contribution < -0.4 is 4.89 Å². The van der Waals surface area contributed by atoms with Crippen molar-refractivity contribution in [2.75, 3.05) is 47.5 Å². The number of phosphoric ester groups is 1. The van der Waals surface area contributed by atoms with Crippen molar-refractivity contribution in [2.45, 2.75) is 264 Å². The molecule has 0 N–H and O–H groups in total. The van der Waals surface area contributed by atoms with Gasteiger partial charge in [0.2, 0.25) is 0 Å². The molecule has 0 aromatic rings. The zero-order chi connectivity index (χ0) is 49.9. The van der Waals surface area contributed by atoms with E-state index in [1.807, 2.05) is 21.1 Å². The molecule has 0 aliphatic heterocycles. The molecule has 398 valence electrons. The van der Waals surface area contributed by atoms with Gasteiger partial charge in [0.25, 0.3) is 7.82 Å². The van der Waals surface area contributed by atoms with Crippen LogP contribution in [0.3, 0.4) is 0 Å². The molecule has 2 atom stereocenters. The molecule has 0 radical (unpaired) electrons. The Hall–Kier alpha value is -2.03. The number of allylic oxidation sites excluding steroid dienone is 8. The monoisotopic (exact) mass is 978 g/mol. The average molecular weight is 978 g/mol. The molecule has 0 aromatic carbocycles. The molecule has 0 aromatic heterocycles. The Kier molecular flexibility index (Phi) is 48.4. The van der Waals surface area contributed by atoms with Gasteiger partial charge in [0.15, 0.2) is 6.10 Å². The van der Waals surface area contributed by atoms with E-state index >= 15 is 0 Å². The van der Waals surface area contributed by atoms with Crippen molar-refractivity contribution in [3.8, 4) is 0 Å². The predicted octanol–water partition coefficient (Wildman–Crippen LogP) is 16.7. The second-order valence-electron chi connectivity index (χ2n) is 20.3. The quantitative estimate of drug-likeness (QED) is 0.0195. The number of ether oxygens (including phenoxy) is 2. The van der Waals surface area contributed by atoms with E-state index < -0.39 is 26.5 Å². The maximum absolute atomic E-state index is 12.8. The van der Waals surface area contributed by atoms with Crippen molar-refractivity contribution in [1.29, 1.82) is 0 Å². The summed E-state index contributed by atoms with van der Waals surface area (Å²) in [5.41, 5.74) is 0. The predicted molar refractivity (Wildman–Crippen MR) is 287 cm³/mol. The lowest BCUT2D eigenvalue weighted by atomic mass is 10.0. The van der Waals surface area contributed by atoms with Gasteiger partial charge in [0, 0.05) is 12.8 Å². The van der Waals surface area contributed by atoms with Crippen molar-refractivity contribution in [3.63, 3.8) is 0 Å². The standard InChI is InChI=1S/C58H108NO8P/c1-6-8-10-12-14-16-18-20-22-24-26-27-28-29-30-31-33-34-36-38-40-42-44-46-48-50-57(60)64-54-56(55-66-68(62,63)65-53-52-59(3,4)5)67-58(61)51-49-47-45-43-41-39-37-35-32-25-23-21-19-17-15-13-11-9-7-2/h9,11,15,17,21,23,32,35,56H,6-8,10,12-14,16,18-20,22,24-31,33-34,36-55H2,1-5H3/b11-9-,17-15-,23-21-,35-32-. The first kappa shape index (κ1) is 66.0. The van der Waals surface area contributed by atoms with Gasteiger partial charge in [-0.3, -0.25) is 14.2 Å². The van der Waals surface area contributed by atoms with Gasteiger partial charge in [-0.2, -0.15) is 0 Å². The number of phosphoric acid groups is 1. The molecular formula is C58H108NO8P. The van der Waals surface area contributed by atoms with Crippen LogP contribution in [0.5, 0.6) is 0 Å². The summed E-state index contributed by atoms with van der Waals surface area (Å²) in [6.07, 6.45) is 61.6. The van der Waals surface area contributed by atoms with Crippen LogP contribution >= 0.6 is 7.82 Å². The van der Waals surface area contributed by atoms with Crippen LogP contribution in [0.4, 0.5) is 0 Å². The van der Waals surface area contributed by atoms with Crippen LogP contribution in [0.1, 0.15) is 258 Å². The highest BCUT2D eigenvalue weighted by molar-refractivity contribution is 7.45. The molecule has 0 aliphatic rings. The molecular weight excluding hydrogens is 870 g/mol. The molecule has 9 nitrogen and oxygen atoms in total. The van der Waals surface area contributed by atoms with E-state index in [-0.39, 0.29) is 32.0 Å². The molecule has 10 heteroatoms. The molecule has 0 saturated carbocycles. The first-order valence-electron chi connectivity index (χ1n) is 28.3. The first-order valence-corrected chi connectivity index (χ1v) is 29.8. The number of quaternary nitrogens is 1. The number of likely N-dealkylation sites (N-methyl/N-ethyl adjacent to an activating group) is 1. The summed E-state index contributed by atoms with van der Waals surface area (Å²) in [7, 11) is 1.16. The topological polar surface area (TPSA) is 111 Å². The molecule has 68 heavy (non-hydrogen) atoms. The van der Waals surface area contributed by atoms with Crippen LogP contribution in [-0.4, -0.2) is 70.0 Å². The normalized spacial score (nSPS) is 13.7. The van der Waals surface area contributed by atoms with E-state index in [1.165, 1.54) is 141 Å². The van der Waals surface area contributed by atoms with Crippen molar-refractivity contribution in [1.82, 2.24) is 0 Å². The van der Waals surface area contributed by atoms with Gasteiger partial charge < -0.3 is 27.9 Å². The van der Waals surface area contributed by atoms with Crippen molar-refractivity contribution >= 4 is 19.8 Å². The lowest BCUT2D eigenvalue weighted by molar-refractivity contribution is -0.870. The molecule has 0 fully saturated rings. The van der Waals surface area contributed by atoms with Gasteiger partial charge >= 0.3 is 11.9 Å². The van der Waals surface area contributed by atoms with Crippen LogP contribution in [0.25, 0.3) is 0 Å². The highest BCUT2D eigenvalue weighted by Gasteiger charge is 2.22. The summed E-state index contributed by atoms with van der Waals surface area (Å²) in [5.74, 6) is -0.840. The Morgan fingerprint density at radius 3 is 1.25 bits per heavy atom. The third-order valence-corrected chi connectivity index (χ3v) is 13.3. The van der Waals surface area contributed by atoms with Crippen LogP contribution in [0.2, 0.25) is 0 Å². The Bertz CT molecular complexity index is 1290. The van der Waals surface area contributed by atoms with Crippen LogP contribution in [-0.2, 0) is 32.7 Å². The highest BCUT2D eigenvalue weighted by atomic mass is 31.2. The molecule has 0 bridgehead atoms. The molecule has 0 saturated heterocycles. The maximum atomic E-state index is 12.8. The van der Waals surface area contributed by atoms with Crippen LogP contribution in [0.15, 0.2) is 48.6 Å². The van der Waals surface area contributed by atoms with Gasteiger partial charge in [-0.15, -0.1) is 0 Å². The summed E-state index contributed by atoms with van der Waals surface area (Å²) < 4.78 is 34.1. The largest absolute Gasteiger partial charge is 0.756 e. The first-order chi connectivity index (χ1) is 33.0. The van der Waals surface area contributed by atoms with Crippen molar-refractivity contribution in [2.24, 2.45) is 0 Å². The number of hydrogen-bond acceptors (Lipinski definition) is 8. The zero-order valence-electron chi connectivity index (χ0n) is 45.1. The Balaban J connectivity index is 4.15. The van der Waals surface area contributed by atoms with Gasteiger partial charge in [0.1, 0.15) is 19.8 Å². The molecule has 0 amide bonds. The van der Waals surface area contributed by atoms with E-state index in [0.29, 0.717) is 17.4 Å². The minimum Gasteiger partial charge on any atom is -0.756 e. The second-order valence-corrected chi connectivity index (χ2v) is 21.7. The number of carbonyl (C=O) groups is 2. The van der Waals surface area contributed by atoms with Crippen molar-refractivity contribution in [3.05, 3.63) is 48.6 Å². The third kappa shape index (κ3) is 53.3. The smallest absolute Gasteiger partial charge is 0.306 e. The minimum absolute atomic E-state index is 0.0340. The number of nitrogens with zero attached hydrogens (tertiary/aromatic N) is 1. The highest BCUT2D eigenvalue weighted by Crippen LogP contribution is 2.38. The summed E-state index contributed by atoms with van der Waals surface area (Å²) in [5, 5.41) is 0. The van der Waals surface area contributed by atoms with Gasteiger partial charge in [0.05, 0.1) is 27.7 Å². The van der Waals surface area contributed by atoms with Crippen molar-refractivity contribution < 1.29 is 42.1 Å². The lowest BCUT2D eigenvalue weighted by Gasteiger charge is -2.28. The minimum atomic E-state index is -4.64. The number of hydrogen-bond donors (Lipinski definition) is 0. The number of rotatable bonds is 52. The molecule has 0 aliphatic carbocycles. The SMILES string of the molecule is CC/C=C\C/C=C\C/C=C\C/C=C\CCCCCCCCC(=O)OC(COC(=O)CCCCCCCCCCCCCCCCCCCCCCCCCCC)COP(=O)([O-])OCC[N+](C)(C)C. The Morgan fingerprint density at radius 2 is 0.838 bits per heavy atom. The fourth-order valence-corrected chi connectivity index (χ4v) is 8.73. The summed E-state index contributed by atoms with van der Waals surface area (Å²) in [6, 6.07) is 0. The van der Waals surface area contributed by atoms with E-state index in [0.717, 1.165) is 83.5 Å². The third-order valence-electron chi connectivity index (χ3n) is 12.4. The fourth-order valence-electron chi connectivity index (χ4n) is 8.00. The average Bonchev–Trinajstić information content (AvgIpc) is 3.30. The molecule has 0 heterocycles. The lowest BCUT2D eigenvalue weighted by Crippen LogP contribution is -2.37. The Morgan fingerprint density at radius 1 is 0.471 bits per heavy atom. The van der Waals surface area contributed by atoms with E-state index in [1.54, 1.807) is 0 Å². The summed E-state index contributed by atoms with van der Waals surface area (Å²) >= 11 is 0. The number of unbranched alkanes of at least 4 members (excludes halogenated alkanes) is 30. The summed E-state index contributed by atoms with van der Waals surface area (Å²) in [6.45, 7) is 4.14. The van der Waals surface area contributed by atoms with E-state index in [9.17, 15) is 19.0 Å². The second kappa shape index (κ2) is 49.9.